The van der Waals surface area contributed by atoms with Crippen LogP contribution in [0.1, 0.15) is 43.5 Å². The summed E-state index contributed by atoms with van der Waals surface area (Å²) >= 11 is 0. The predicted octanol–water partition coefficient (Wildman–Crippen LogP) is 3.42. The van der Waals surface area contributed by atoms with Gasteiger partial charge in [-0.2, -0.15) is 0 Å². The van der Waals surface area contributed by atoms with Gasteiger partial charge in [0.25, 0.3) is 0 Å². The number of piperidine rings is 1. The van der Waals surface area contributed by atoms with Crippen LogP contribution in [0.2, 0.25) is 0 Å². The summed E-state index contributed by atoms with van der Waals surface area (Å²) < 4.78 is 0. The van der Waals surface area contributed by atoms with Gasteiger partial charge in [-0.25, -0.2) is 0 Å². The highest BCUT2D eigenvalue weighted by molar-refractivity contribution is 5.96. The molecule has 1 fully saturated rings. The molecular weight excluding hydrogens is 248 g/mol. The number of nitrogens with zero attached hydrogens (tertiary/aromatic N) is 1. The zero-order chi connectivity index (χ0) is 14.4. The van der Waals surface area contributed by atoms with E-state index < -0.39 is 0 Å². The highest BCUT2D eigenvalue weighted by Gasteiger charge is 2.14. The van der Waals surface area contributed by atoms with Crippen LogP contribution in [0.25, 0.3) is 0 Å². The third-order valence-electron chi connectivity index (χ3n) is 4.16. The van der Waals surface area contributed by atoms with E-state index in [1.165, 1.54) is 25.9 Å². The first-order valence-corrected chi connectivity index (χ1v) is 7.78. The fourth-order valence-electron chi connectivity index (χ4n) is 2.62. The number of carbonyl (C=O) groups is 1. The minimum atomic E-state index is 0.207. The molecule has 1 N–H and O–H groups in total. The molecule has 1 aliphatic heterocycles. The van der Waals surface area contributed by atoms with Gasteiger partial charge in [0.1, 0.15) is 0 Å². The molecule has 0 amide bonds. The lowest BCUT2D eigenvalue weighted by Gasteiger charge is -2.30. The van der Waals surface area contributed by atoms with E-state index in [0.29, 0.717) is 6.42 Å². The number of rotatable bonds is 6. The Labute approximate surface area is 122 Å². The van der Waals surface area contributed by atoms with Crippen LogP contribution in [-0.4, -0.2) is 36.9 Å². The lowest BCUT2D eigenvalue weighted by molar-refractivity contribution is 0.0988. The zero-order valence-electron chi connectivity index (χ0n) is 12.7. The van der Waals surface area contributed by atoms with E-state index in [9.17, 15) is 4.79 Å². The van der Waals surface area contributed by atoms with Gasteiger partial charge in [-0.15, -0.1) is 0 Å². The Kier molecular flexibility index (Phi) is 5.60. The number of likely N-dealkylation sites (tertiary alicyclic amines) is 1. The summed E-state index contributed by atoms with van der Waals surface area (Å²) in [5.41, 5.74) is 1.91. The summed E-state index contributed by atoms with van der Waals surface area (Å²) in [6, 6.07) is 7.83. The van der Waals surface area contributed by atoms with E-state index in [4.69, 9.17) is 0 Å². The predicted molar refractivity (Wildman–Crippen MR) is 84.4 cm³/mol. The van der Waals surface area contributed by atoms with Crippen LogP contribution < -0.4 is 5.32 Å². The molecule has 20 heavy (non-hydrogen) atoms. The molecule has 0 bridgehead atoms. The van der Waals surface area contributed by atoms with Crippen LogP contribution in [0.5, 0.6) is 0 Å². The van der Waals surface area contributed by atoms with Crippen molar-refractivity contribution in [1.82, 2.24) is 4.90 Å². The number of benzene rings is 1. The number of anilines is 1. The Hall–Kier alpha value is -1.35. The van der Waals surface area contributed by atoms with Crippen LogP contribution >= 0.6 is 0 Å². The average molecular weight is 274 g/mol. The number of hydrogen-bond donors (Lipinski definition) is 1. The Morgan fingerprint density at radius 2 is 1.90 bits per heavy atom. The fourth-order valence-corrected chi connectivity index (χ4v) is 2.62. The number of Topliss-reactive ketones (excluding diaryl/α,β-unsaturated/α-hetero) is 1. The second kappa shape index (κ2) is 7.44. The second-order valence-electron chi connectivity index (χ2n) is 5.81. The molecule has 0 atom stereocenters. The topological polar surface area (TPSA) is 32.3 Å². The second-order valence-corrected chi connectivity index (χ2v) is 5.81. The molecule has 0 saturated carbocycles. The molecule has 1 saturated heterocycles. The summed E-state index contributed by atoms with van der Waals surface area (Å²) in [5, 5.41) is 3.43. The Morgan fingerprint density at radius 3 is 2.50 bits per heavy atom. The minimum absolute atomic E-state index is 0.207. The van der Waals surface area contributed by atoms with Crippen LogP contribution in [0.15, 0.2) is 24.3 Å². The number of nitrogens with one attached hydrogen (secondary N) is 1. The normalized spacial score (nSPS) is 17.1. The van der Waals surface area contributed by atoms with Gasteiger partial charge >= 0.3 is 0 Å². The molecule has 110 valence electrons. The molecule has 0 aliphatic carbocycles. The first-order valence-electron chi connectivity index (χ1n) is 7.78. The van der Waals surface area contributed by atoms with Gasteiger partial charge < -0.3 is 10.2 Å². The first kappa shape index (κ1) is 15.0. The number of hydrogen-bond acceptors (Lipinski definition) is 3. The highest BCUT2D eigenvalue weighted by atomic mass is 16.1. The minimum Gasteiger partial charge on any atom is -0.384 e. The van der Waals surface area contributed by atoms with Crippen LogP contribution in [0.4, 0.5) is 5.69 Å². The highest BCUT2D eigenvalue weighted by Crippen LogP contribution is 2.16. The van der Waals surface area contributed by atoms with E-state index in [1.54, 1.807) is 0 Å². The molecule has 0 radical (unpaired) electrons. The molecule has 1 heterocycles. The van der Waals surface area contributed by atoms with Gasteiger partial charge in [-0.05, 0) is 56.1 Å². The molecule has 0 spiro atoms. The first-order chi connectivity index (χ1) is 9.69. The van der Waals surface area contributed by atoms with E-state index >= 15 is 0 Å². The molecule has 0 unspecified atom stereocenters. The fraction of sp³-hybridized carbons (Fsp3) is 0.588. The molecule has 2 rings (SSSR count). The molecular formula is C17H26N2O. The third-order valence-corrected chi connectivity index (χ3v) is 4.16. The smallest absolute Gasteiger partial charge is 0.162 e. The van der Waals surface area contributed by atoms with Crippen molar-refractivity contribution in [3.8, 4) is 0 Å². The van der Waals surface area contributed by atoms with Gasteiger partial charge in [0, 0.05) is 30.8 Å². The summed E-state index contributed by atoms with van der Waals surface area (Å²) in [5.74, 6) is 1.10. The van der Waals surface area contributed by atoms with E-state index in [0.717, 1.165) is 30.3 Å². The lowest BCUT2D eigenvalue weighted by Crippen LogP contribution is -2.36. The van der Waals surface area contributed by atoms with Crippen molar-refractivity contribution in [2.24, 2.45) is 5.92 Å². The molecule has 1 aromatic carbocycles. The van der Waals surface area contributed by atoms with Crippen LogP contribution in [0.3, 0.4) is 0 Å². The number of ketones is 1. The lowest BCUT2D eigenvalue weighted by atomic mass is 9.99. The Balaban J connectivity index is 1.73. The maximum atomic E-state index is 11.5. The van der Waals surface area contributed by atoms with Crippen molar-refractivity contribution in [1.29, 1.82) is 0 Å². The molecule has 1 aliphatic rings. The van der Waals surface area contributed by atoms with Crippen molar-refractivity contribution in [2.75, 3.05) is 31.5 Å². The summed E-state index contributed by atoms with van der Waals surface area (Å²) in [6.45, 7) is 8.76. The number of carbonyl (C=O) groups excluding carboxylic acids is 1. The molecule has 3 heteroatoms. The quantitative estimate of drug-likeness (QED) is 0.807. The van der Waals surface area contributed by atoms with Gasteiger partial charge in [-0.1, -0.05) is 13.8 Å². The molecule has 0 aromatic heterocycles. The third kappa shape index (κ3) is 4.34. The van der Waals surface area contributed by atoms with Crippen molar-refractivity contribution >= 4 is 11.5 Å². The van der Waals surface area contributed by atoms with Crippen molar-refractivity contribution in [3.05, 3.63) is 29.8 Å². The molecule has 3 nitrogen and oxygen atoms in total. The monoisotopic (exact) mass is 274 g/mol. The van der Waals surface area contributed by atoms with E-state index in [2.05, 4.69) is 17.1 Å². The van der Waals surface area contributed by atoms with E-state index in [1.807, 2.05) is 31.2 Å². The van der Waals surface area contributed by atoms with E-state index in [-0.39, 0.29) is 5.78 Å². The van der Waals surface area contributed by atoms with Crippen molar-refractivity contribution in [3.63, 3.8) is 0 Å². The van der Waals surface area contributed by atoms with Gasteiger partial charge in [-0.3, -0.25) is 4.79 Å². The maximum Gasteiger partial charge on any atom is 0.162 e. The van der Waals surface area contributed by atoms with Crippen LogP contribution in [0, 0.1) is 5.92 Å². The summed E-state index contributed by atoms with van der Waals surface area (Å²) in [4.78, 5) is 14.1. The molecule has 1 aromatic rings. The van der Waals surface area contributed by atoms with Gasteiger partial charge in [0.15, 0.2) is 5.78 Å². The standard InChI is InChI=1S/C17H26N2O/c1-3-17(20)15-4-6-16(7-5-15)18-10-13-19-11-8-14(2)9-12-19/h4-7,14,18H,3,8-13H2,1-2H3. The Morgan fingerprint density at radius 1 is 1.25 bits per heavy atom. The Bertz CT molecular complexity index is 419. The SMILES string of the molecule is CCC(=O)c1ccc(NCCN2CCC(C)CC2)cc1. The largest absolute Gasteiger partial charge is 0.384 e. The average Bonchev–Trinajstić information content (AvgIpc) is 2.49. The maximum absolute atomic E-state index is 11.5. The van der Waals surface area contributed by atoms with Gasteiger partial charge in [0.05, 0.1) is 0 Å². The van der Waals surface area contributed by atoms with Gasteiger partial charge in [0.2, 0.25) is 0 Å². The van der Waals surface area contributed by atoms with Crippen molar-refractivity contribution in [2.45, 2.75) is 33.1 Å². The zero-order valence-corrected chi connectivity index (χ0v) is 12.7. The summed E-state index contributed by atoms with van der Waals surface area (Å²) in [6.07, 6.45) is 3.22. The summed E-state index contributed by atoms with van der Waals surface area (Å²) in [7, 11) is 0. The van der Waals surface area contributed by atoms with Crippen LogP contribution in [-0.2, 0) is 0 Å². The van der Waals surface area contributed by atoms with Crippen molar-refractivity contribution < 1.29 is 4.79 Å².